The van der Waals surface area contributed by atoms with Gasteiger partial charge in [-0.05, 0) is 38.1 Å². The Morgan fingerprint density at radius 2 is 1.80 bits per heavy atom. The number of ether oxygens (including phenoxy) is 1. The topological polar surface area (TPSA) is 87.7 Å². The summed E-state index contributed by atoms with van der Waals surface area (Å²) in [6.07, 6.45) is 5.37. The molecule has 0 spiro atoms. The summed E-state index contributed by atoms with van der Waals surface area (Å²) in [7, 11) is 0. The zero-order valence-corrected chi connectivity index (χ0v) is 11.5. The fourth-order valence-corrected chi connectivity index (χ4v) is 3.87. The van der Waals surface area contributed by atoms with Crippen molar-refractivity contribution in [2.75, 3.05) is 6.54 Å². The highest BCUT2D eigenvalue weighted by Gasteiger charge is 2.49. The highest BCUT2D eigenvalue weighted by atomic mass is 16.6. The van der Waals surface area contributed by atoms with E-state index >= 15 is 0 Å². The zero-order valence-electron chi connectivity index (χ0n) is 11.5. The monoisotopic (exact) mass is 282 g/mol. The van der Waals surface area contributed by atoms with E-state index in [1.54, 1.807) is 0 Å². The first-order valence-electron chi connectivity index (χ1n) is 7.59. The van der Waals surface area contributed by atoms with Gasteiger partial charge in [-0.2, -0.15) is 0 Å². The van der Waals surface area contributed by atoms with Gasteiger partial charge in [0.25, 0.3) is 0 Å². The van der Waals surface area contributed by atoms with Crippen molar-refractivity contribution in [3.05, 3.63) is 0 Å². The summed E-state index contributed by atoms with van der Waals surface area (Å²) in [4.78, 5) is 23.4. The van der Waals surface area contributed by atoms with Crippen LogP contribution in [0.5, 0.6) is 0 Å². The van der Waals surface area contributed by atoms with Crippen molar-refractivity contribution < 1.29 is 19.4 Å². The molecule has 6 nitrogen and oxygen atoms in total. The van der Waals surface area contributed by atoms with E-state index in [9.17, 15) is 14.7 Å². The number of carboxylic acid groups (broad SMARTS) is 1. The van der Waals surface area contributed by atoms with Crippen LogP contribution in [-0.2, 0) is 14.3 Å². The zero-order chi connectivity index (χ0) is 14.1. The number of nitrogens with one attached hydrogen (secondary N) is 2. The first-order chi connectivity index (χ1) is 9.66. The molecular formula is C14H22N2O4. The SMILES string of the molecule is O=C(OC1NC(C(=O)O)C2CCCCC12)C1CCCN1. The van der Waals surface area contributed by atoms with E-state index in [1.807, 2.05) is 0 Å². The van der Waals surface area contributed by atoms with Crippen LogP contribution in [0.1, 0.15) is 38.5 Å². The van der Waals surface area contributed by atoms with Crippen molar-refractivity contribution in [1.29, 1.82) is 0 Å². The number of hydrogen-bond acceptors (Lipinski definition) is 5. The molecule has 0 amide bonds. The summed E-state index contributed by atoms with van der Waals surface area (Å²) >= 11 is 0. The molecule has 0 aromatic carbocycles. The molecule has 20 heavy (non-hydrogen) atoms. The molecule has 6 heteroatoms. The Hall–Kier alpha value is -1.14. The number of aliphatic carboxylic acids is 1. The summed E-state index contributed by atoms with van der Waals surface area (Å²) in [6.45, 7) is 0.849. The van der Waals surface area contributed by atoms with Gasteiger partial charge in [-0.25, -0.2) is 0 Å². The molecule has 0 bridgehead atoms. The van der Waals surface area contributed by atoms with Crippen LogP contribution >= 0.6 is 0 Å². The van der Waals surface area contributed by atoms with Crippen molar-refractivity contribution in [1.82, 2.24) is 10.6 Å². The van der Waals surface area contributed by atoms with E-state index in [0.29, 0.717) is 0 Å². The number of esters is 1. The average Bonchev–Trinajstić information content (AvgIpc) is 3.07. The molecule has 1 aliphatic carbocycles. The Kier molecular flexibility index (Phi) is 3.94. The average molecular weight is 282 g/mol. The Balaban J connectivity index is 1.66. The second-order valence-electron chi connectivity index (χ2n) is 6.10. The third-order valence-electron chi connectivity index (χ3n) is 4.89. The van der Waals surface area contributed by atoms with E-state index in [1.165, 1.54) is 0 Å². The van der Waals surface area contributed by atoms with Crippen LogP contribution in [0, 0.1) is 11.8 Å². The fraction of sp³-hybridized carbons (Fsp3) is 0.857. The second kappa shape index (κ2) is 5.69. The highest BCUT2D eigenvalue weighted by molar-refractivity contribution is 5.77. The van der Waals surface area contributed by atoms with Gasteiger partial charge >= 0.3 is 11.9 Å². The molecule has 2 heterocycles. The molecule has 1 saturated carbocycles. The maximum absolute atomic E-state index is 12.1. The summed E-state index contributed by atoms with van der Waals surface area (Å²) in [6, 6.07) is -0.794. The molecule has 2 aliphatic heterocycles. The molecular weight excluding hydrogens is 260 g/mol. The molecule has 112 valence electrons. The molecule has 0 radical (unpaired) electrons. The van der Waals surface area contributed by atoms with Crippen LogP contribution in [0.2, 0.25) is 0 Å². The van der Waals surface area contributed by atoms with Gasteiger partial charge in [0.15, 0.2) is 6.23 Å². The third-order valence-corrected chi connectivity index (χ3v) is 4.89. The van der Waals surface area contributed by atoms with Crippen molar-refractivity contribution >= 4 is 11.9 Å². The van der Waals surface area contributed by atoms with Crippen molar-refractivity contribution in [3.8, 4) is 0 Å². The minimum atomic E-state index is -0.834. The lowest BCUT2D eigenvalue weighted by Gasteiger charge is -2.28. The van der Waals surface area contributed by atoms with E-state index in [0.717, 1.165) is 45.1 Å². The Labute approximate surface area is 118 Å². The number of carbonyl (C=O) groups excluding carboxylic acids is 1. The predicted molar refractivity (Wildman–Crippen MR) is 70.9 cm³/mol. The number of carboxylic acids is 1. The normalized spacial score (nSPS) is 40.3. The maximum Gasteiger partial charge on any atom is 0.324 e. The third kappa shape index (κ3) is 2.54. The summed E-state index contributed by atoms with van der Waals surface area (Å²) in [5, 5.41) is 15.4. The van der Waals surface area contributed by atoms with Crippen molar-refractivity contribution in [3.63, 3.8) is 0 Å². The second-order valence-corrected chi connectivity index (χ2v) is 6.10. The minimum Gasteiger partial charge on any atom is -0.480 e. The van der Waals surface area contributed by atoms with Crippen LogP contribution in [-0.4, -0.2) is 41.9 Å². The molecule has 3 rings (SSSR count). The van der Waals surface area contributed by atoms with Gasteiger partial charge in [-0.1, -0.05) is 12.8 Å². The smallest absolute Gasteiger partial charge is 0.324 e. The molecule has 3 fully saturated rings. The van der Waals surface area contributed by atoms with Crippen LogP contribution in [0.3, 0.4) is 0 Å². The predicted octanol–water partition coefficient (Wildman–Crippen LogP) is 0.470. The lowest BCUT2D eigenvalue weighted by Crippen LogP contribution is -2.43. The largest absolute Gasteiger partial charge is 0.480 e. The van der Waals surface area contributed by atoms with E-state index in [-0.39, 0.29) is 23.8 Å². The standard InChI is InChI=1S/C14H22N2O4/c17-13(18)11-8-4-1-2-5-9(8)12(16-11)20-14(19)10-6-3-7-15-10/h8-12,15-16H,1-7H2,(H,17,18). The molecule has 2 saturated heterocycles. The van der Waals surface area contributed by atoms with E-state index in [4.69, 9.17) is 4.74 Å². The lowest BCUT2D eigenvalue weighted by molar-refractivity contribution is -0.155. The van der Waals surface area contributed by atoms with E-state index in [2.05, 4.69) is 10.6 Å². The summed E-state index contributed by atoms with van der Waals surface area (Å²) in [5.41, 5.74) is 0. The molecule has 5 atom stereocenters. The Bertz CT molecular complexity index is 395. The lowest BCUT2D eigenvalue weighted by atomic mass is 9.78. The van der Waals surface area contributed by atoms with E-state index < -0.39 is 18.2 Å². The van der Waals surface area contributed by atoms with Crippen molar-refractivity contribution in [2.45, 2.75) is 56.8 Å². The van der Waals surface area contributed by atoms with Crippen LogP contribution in [0.15, 0.2) is 0 Å². The van der Waals surface area contributed by atoms with Crippen molar-refractivity contribution in [2.24, 2.45) is 11.8 Å². The van der Waals surface area contributed by atoms with Gasteiger partial charge < -0.3 is 15.2 Å². The molecule has 0 aromatic rings. The minimum absolute atomic E-state index is 0.0931. The number of hydrogen-bond donors (Lipinski definition) is 3. The highest BCUT2D eigenvalue weighted by Crippen LogP contribution is 2.40. The summed E-state index contributed by atoms with van der Waals surface area (Å²) < 4.78 is 5.57. The van der Waals surface area contributed by atoms with Gasteiger partial charge in [0.05, 0.1) is 0 Å². The Morgan fingerprint density at radius 3 is 2.45 bits per heavy atom. The number of rotatable bonds is 3. The molecule has 3 aliphatic rings. The van der Waals surface area contributed by atoms with Crippen LogP contribution in [0.25, 0.3) is 0 Å². The van der Waals surface area contributed by atoms with Crippen LogP contribution in [0.4, 0.5) is 0 Å². The summed E-state index contributed by atoms with van der Waals surface area (Å²) in [5.74, 6) is -0.833. The first kappa shape index (κ1) is 13.8. The fourth-order valence-electron chi connectivity index (χ4n) is 3.87. The van der Waals surface area contributed by atoms with Gasteiger partial charge in [0.1, 0.15) is 12.1 Å². The number of carbonyl (C=O) groups is 2. The molecule has 0 aromatic heterocycles. The van der Waals surface area contributed by atoms with Gasteiger partial charge in [-0.3, -0.25) is 14.9 Å². The quantitative estimate of drug-likeness (QED) is 0.652. The molecule has 3 N–H and O–H groups in total. The Morgan fingerprint density at radius 1 is 1.05 bits per heavy atom. The van der Waals surface area contributed by atoms with Gasteiger partial charge in [0, 0.05) is 5.92 Å². The van der Waals surface area contributed by atoms with Crippen LogP contribution < -0.4 is 10.6 Å². The van der Waals surface area contributed by atoms with Gasteiger partial charge in [-0.15, -0.1) is 0 Å². The number of fused-ring (bicyclic) bond motifs is 1. The first-order valence-corrected chi connectivity index (χ1v) is 7.59. The van der Waals surface area contributed by atoms with Gasteiger partial charge in [0.2, 0.25) is 0 Å². The molecule has 5 unspecified atom stereocenters. The maximum atomic E-state index is 12.1.